The largest absolute Gasteiger partial charge is 0.481 e. The molecule has 1 fully saturated rings. The molecule has 8 nitrogen and oxygen atoms in total. The van der Waals surface area contributed by atoms with Crippen molar-refractivity contribution in [1.29, 1.82) is 0 Å². The number of amides is 2. The monoisotopic (exact) mass is 454 g/mol. The van der Waals surface area contributed by atoms with E-state index in [1.165, 1.54) is 7.11 Å². The molecule has 2 unspecified atom stereocenters. The van der Waals surface area contributed by atoms with Crippen molar-refractivity contribution in [1.82, 2.24) is 10.6 Å². The van der Waals surface area contributed by atoms with Crippen molar-refractivity contribution in [3.05, 3.63) is 34.9 Å². The Bertz CT molecular complexity index is 743. The van der Waals surface area contributed by atoms with Gasteiger partial charge in [-0.15, -0.1) is 0 Å². The van der Waals surface area contributed by atoms with E-state index in [9.17, 15) is 9.59 Å². The molecule has 2 amide bonds. The summed E-state index contributed by atoms with van der Waals surface area (Å²) in [6.07, 6.45) is 0.834. The predicted molar refractivity (Wildman–Crippen MR) is 119 cm³/mol. The van der Waals surface area contributed by atoms with E-state index < -0.39 is 42.3 Å². The van der Waals surface area contributed by atoms with E-state index in [2.05, 4.69) is 10.6 Å². The molecule has 2 rings (SSSR count). The fourth-order valence-corrected chi connectivity index (χ4v) is 3.41. The Labute approximate surface area is 189 Å². The lowest BCUT2D eigenvalue weighted by molar-refractivity contribution is -0.124. The Hall–Kier alpha value is -1.81. The van der Waals surface area contributed by atoms with Crippen LogP contribution in [0, 0.1) is 0 Å². The summed E-state index contributed by atoms with van der Waals surface area (Å²) >= 11 is 5.95. The lowest BCUT2D eigenvalue weighted by atomic mass is 9.75. The molecule has 1 aliphatic heterocycles. The Morgan fingerprint density at radius 1 is 1.13 bits per heavy atom. The number of halogens is 1. The SMILES string of the molecule is COCC(NC(=O)O)C(=O)NC(CCCc1ccc(Cl)cc1)B1OC(C)(C)C(C)(C)O1. The van der Waals surface area contributed by atoms with Gasteiger partial charge in [0.15, 0.2) is 0 Å². The summed E-state index contributed by atoms with van der Waals surface area (Å²) in [5.41, 5.74) is 0.0256. The summed E-state index contributed by atoms with van der Waals surface area (Å²) in [7, 11) is 0.744. The zero-order valence-corrected chi connectivity index (χ0v) is 19.5. The maximum absolute atomic E-state index is 12.8. The Morgan fingerprint density at radius 3 is 2.23 bits per heavy atom. The molecule has 1 aromatic rings. The van der Waals surface area contributed by atoms with Crippen molar-refractivity contribution in [3.8, 4) is 0 Å². The fraction of sp³-hybridized carbons (Fsp3) is 0.619. The normalized spacial score (nSPS) is 19.0. The minimum Gasteiger partial charge on any atom is -0.465 e. The summed E-state index contributed by atoms with van der Waals surface area (Å²) in [5, 5.41) is 14.8. The van der Waals surface area contributed by atoms with Crippen molar-refractivity contribution in [3.63, 3.8) is 0 Å². The molecule has 2 atom stereocenters. The van der Waals surface area contributed by atoms with Gasteiger partial charge in [-0.2, -0.15) is 0 Å². The van der Waals surface area contributed by atoms with Gasteiger partial charge in [-0.25, -0.2) is 4.79 Å². The van der Waals surface area contributed by atoms with Crippen LogP contribution in [-0.2, 0) is 25.3 Å². The van der Waals surface area contributed by atoms with Crippen LogP contribution in [0.5, 0.6) is 0 Å². The molecule has 1 aliphatic rings. The number of benzene rings is 1. The van der Waals surface area contributed by atoms with E-state index in [0.29, 0.717) is 11.4 Å². The lowest BCUT2D eigenvalue weighted by Gasteiger charge is -2.32. The molecule has 31 heavy (non-hydrogen) atoms. The zero-order valence-electron chi connectivity index (χ0n) is 18.7. The summed E-state index contributed by atoms with van der Waals surface area (Å²) in [6, 6.07) is 6.59. The summed E-state index contributed by atoms with van der Waals surface area (Å²) < 4.78 is 17.3. The third kappa shape index (κ3) is 7.10. The highest BCUT2D eigenvalue weighted by Gasteiger charge is 2.54. The molecular formula is C21H32BClN2O6. The van der Waals surface area contributed by atoms with E-state index >= 15 is 0 Å². The van der Waals surface area contributed by atoms with Crippen LogP contribution in [-0.4, -0.2) is 61.1 Å². The van der Waals surface area contributed by atoms with Crippen molar-refractivity contribution in [2.45, 2.75) is 70.1 Å². The predicted octanol–water partition coefficient (Wildman–Crippen LogP) is 3.06. The smallest absolute Gasteiger partial charge is 0.465 e. The third-order valence-electron chi connectivity index (χ3n) is 5.77. The van der Waals surface area contributed by atoms with Crippen molar-refractivity contribution in [2.24, 2.45) is 0 Å². The molecule has 1 aromatic carbocycles. The second-order valence-electron chi connectivity index (χ2n) is 8.72. The van der Waals surface area contributed by atoms with Gasteiger partial charge in [-0.1, -0.05) is 23.7 Å². The van der Waals surface area contributed by atoms with Crippen LogP contribution in [0.2, 0.25) is 5.02 Å². The summed E-state index contributed by atoms with van der Waals surface area (Å²) in [5.74, 6) is -0.953. The quantitative estimate of drug-likeness (QED) is 0.469. The van der Waals surface area contributed by atoms with Gasteiger partial charge in [0.1, 0.15) is 6.04 Å². The first-order valence-corrected chi connectivity index (χ1v) is 10.7. The van der Waals surface area contributed by atoms with E-state index in [0.717, 1.165) is 18.4 Å². The molecular weight excluding hydrogens is 423 g/mol. The van der Waals surface area contributed by atoms with Crippen LogP contribution in [0.25, 0.3) is 0 Å². The average Bonchev–Trinajstić information content (AvgIpc) is 2.89. The average molecular weight is 455 g/mol. The van der Waals surface area contributed by atoms with Crippen LogP contribution in [0.3, 0.4) is 0 Å². The number of carbonyl (C=O) groups is 2. The van der Waals surface area contributed by atoms with Gasteiger partial charge in [0.05, 0.1) is 23.8 Å². The summed E-state index contributed by atoms with van der Waals surface area (Å²) in [6.45, 7) is 7.69. The number of ether oxygens (including phenoxy) is 1. The minimum absolute atomic E-state index is 0.0843. The van der Waals surface area contributed by atoms with Crippen molar-refractivity contribution < 1.29 is 28.7 Å². The maximum Gasteiger partial charge on any atom is 0.481 e. The van der Waals surface area contributed by atoms with Gasteiger partial charge in [0.2, 0.25) is 5.91 Å². The maximum atomic E-state index is 12.8. The van der Waals surface area contributed by atoms with E-state index in [1.54, 1.807) is 0 Å². The lowest BCUT2D eigenvalue weighted by Crippen LogP contribution is -2.55. The zero-order chi connectivity index (χ0) is 23.2. The molecule has 172 valence electrons. The van der Waals surface area contributed by atoms with E-state index in [4.69, 9.17) is 30.8 Å². The van der Waals surface area contributed by atoms with Gasteiger partial charge >= 0.3 is 13.2 Å². The summed E-state index contributed by atoms with van der Waals surface area (Å²) in [4.78, 5) is 23.8. The third-order valence-corrected chi connectivity index (χ3v) is 6.02. The number of nitrogens with one attached hydrogen (secondary N) is 2. The molecule has 0 saturated carbocycles. The van der Waals surface area contributed by atoms with Gasteiger partial charge in [-0.05, 0) is 64.7 Å². The Kier molecular flexibility index (Phi) is 8.77. The first-order valence-electron chi connectivity index (χ1n) is 10.3. The number of carbonyl (C=O) groups excluding carboxylic acids is 1. The second kappa shape index (κ2) is 10.7. The van der Waals surface area contributed by atoms with Crippen LogP contribution >= 0.6 is 11.6 Å². The van der Waals surface area contributed by atoms with Crippen molar-refractivity contribution in [2.75, 3.05) is 13.7 Å². The first-order chi connectivity index (χ1) is 14.4. The van der Waals surface area contributed by atoms with E-state index in [-0.39, 0.29) is 6.61 Å². The van der Waals surface area contributed by atoms with Gasteiger partial charge < -0.3 is 29.8 Å². The minimum atomic E-state index is -1.30. The first kappa shape index (κ1) is 25.5. The second-order valence-corrected chi connectivity index (χ2v) is 9.15. The number of hydrogen-bond donors (Lipinski definition) is 3. The molecule has 1 heterocycles. The highest BCUT2D eigenvalue weighted by molar-refractivity contribution is 6.48. The molecule has 10 heteroatoms. The van der Waals surface area contributed by atoms with Gasteiger partial charge in [0.25, 0.3) is 0 Å². The van der Waals surface area contributed by atoms with Crippen LogP contribution in [0.1, 0.15) is 46.1 Å². The Balaban J connectivity index is 2.10. The van der Waals surface area contributed by atoms with Crippen LogP contribution in [0.4, 0.5) is 4.79 Å². The van der Waals surface area contributed by atoms with Gasteiger partial charge in [-0.3, -0.25) is 4.79 Å². The molecule has 0 radical (unpaired) electrons. The molecule has 0 bridgehead atoms. The molecule has 0 aliphatic carbocycles. The Morgan fingerprint density at radius 2 is 1.71 bits per heavy atom. The highest BCUT2D eigenvalue weighted by atomic mass is 35.5. The topological polar surface area (TPSA) is 106 Å². The number of carboxylic acid groups (broad SMARTS) is 1. The van der Waals surface area contributed by atoms with E-state index in [1.807, 2.05) is 52.0 Å². The van der Waals surface area contributed by atoms with Crippen molar-refractivity contribution >= 4 is 30.7 Å². The molecule has 0 spiro atoms. The van der Waals surface area contributed by atoms with Crippen LogP contribution in [0.15, 0.2) is 24.3 Å². The van der Waals surface area contributed by atoms with Gasteiger partial charge in [0, 0.05) is 12.1 Å². The standard InChI is InChI=1S/C21H32BClN2O6/c1-20(2)21(3,4)31-22(30-20)17(8-6-7-14-9-11-15(23)12-10-14)25-18(26)16(13-29-5)24-19(27)28/h9-12,16-17,24H,6-8,13H2,1-5H3,(H,25,26)(H,27,28). The molecule has 3 N–H and O–H groups in total. The molecule has 1 saturated heterocycles. The molecule has 0 aromatic heterocycles. The fourth-order valence-electron chi connectivity index (χ4n) is 3.29. The number of methoxy groups -OCH3 is 1. The highest BCUT2D eigenvalue weighted by Crippen LogP contribution is 2.38. The van der Waals surface area contributed by atoms with Crippen LogP contribution < -0.4 is 10.6 Å². The number of aryl methyl sites for hydroxylation is 1. The number of hydrogen-bond acceptors (Lipinski definition) is 5. The number of rotatable bonds is 10.